The molecule has 0 saturated carbocycles. The van der Waals surface area contributed by atoms with Crippen molar-refractivity contribution in [1.29, 1.82) is 0 Å². The number of benzene rings is 2. The van der Waals surface area contributed by atoms with Crippen LogP contribution in [0.5, 0.6) is 5.75 Å². The maximum absolute atomic E-state index is 12.3. The molecule has 0 aliphatic carbocycles. The Labute approximate surface area is 165 Å². The lowest BCUT2D eigenvalue weighted by atomic mass is 10.2. The van der Waals surface area contributed by atoms with E-state index in [9.17, 15) is 13.2 Å². The smallest absolute Gasteiger partial charge is 0.345 e. The van der Waals surface area contributed by atoms with Crippen LogP contribution in [0.4, 0.5) is 0 Å². The van der Waals surface area contributed by atoms with E-state index in [0.29, 0.717) is 8.95 Å². The largest absolute Gasteiger partial charge is 0.423 e. The van der Waals surface area contributed by atoms with Gasteiger partial charge in [0.15, 0.2) is 0 Å². The summed E-state index contributed by atoms with van der Waals surface area (Å²) in [7, 11) is -4.36. The second-order valence-corrected chi connectivity index (χ2v) is 9.07. The Balaban J connectivity index is 2.34. The Kier molecular flexibility index (Phi) is 6.07. The van der Waals surface area contributed by atoms with Gasteiger partial charge in [0, 0.05) is 17.9 Å². The first-order valence-electron chi connectivity index (χ1n) is 5.73. The first-order valence-corrected chi connectivity index (χ1v) is 10.3. The summed E-state index contributed by atoms with van der Waals surface area (Å²) in [4.78, 5) is 12.0. The standard InChI is InChI=1S/C13H6Br4O5S/c14-6-3-9(16)12(10(17)4-6)13(18)22-7-1-2-11(8(15)5-7)23(19,20)21/h1-5H,(H,19,20,21). The average molecular weight is 594 g/mol. The molecule has 2 aromatic carbocycles. The van der Waals surface area contributed by atoms with Gasteiger partial charge in [0.05, 0.1) is 5.56 Å². The third-order valence-electron chi connectivity index (χ3n) is 2.60. The Morgan fingerprint density at radius 1 is 0.957 bits per heavy atom. The van der Waals surface area contributed by atoms with Gasteiger partial charge in [-0.05, 0) is 78.1 Å². The second kappa shape index (κ2) is 7.32. The fourth-order valence-electron chi connectivity index (χ4n) is 1.65. The van der Waals surface area contributed by atoms with Gasteiger partial charge >= 0.3 is 5.97 Å². The molecule has 1 N–H and O–H groups in total. The highest BCUT2D eigenvalue weighted by Crippen LogP contribution is 2.32. The predicted molar refractivity (Wildman–Crippen MR) is 98.5 cm³/mol. The van der Waals surface area contributed by atoms with Crippen LogP contribution in [0.15, 0.2) is 53.1 Å². The molecule has 23 heavy (non-hydrogen) atoms. The highest BCUT2D eigenvalue weighted by atomic mass is 79.9. The minimum Gasteiger partial charge on any atom is -0.423 e. The number of halogens is 4. The molecule has 0 heterocycles. The van der Waals surface area contributed by atoms with Crippen molar-refractivity contribution >= 4 is 79.8 Å². The molecule has 0 spiro atoms. The minimum absolute atomic E-state index is 0.0826. The van der Waals surface area contributed by atoms with Crippen LogP contribution in [0.3, 0.4) is 0 Å². The van der Waals surface area contributed by atoms with Gasteiger partial charge in [0.2, 0.25) is 0 Å². The highest BCUT2D eigenvalue weighted by Gasteiger charge is 2.19. The molecule has 0 saturated heterocycles. The topological polar surface area (TPSA) is 80.7 Å². The van der Waals surface area contributed by atoms with Crippen molar-refractivity contribution in [2.45, 2.75) is 4.90 Å². The highest BCUT2D eigenvalue weighted by molar-refractivity contribution is 9.11. The maximum Gasteiger partial charge on any atom is 0.345 e. The summed E-state index contributed by atoms with van der Waals surface area (Å²) < 4.78 is 38.4. The summed E-state index contributed by atoms with van der Waals surface area (Å²) in [5, 5.41) is 0. The summed E-state index contributed by atoms with van der Waals surface area (Å²) in [6.07, 6.45) is 0. The van der Waals surface area contributed by atoms with Crippen LogP contribution in [0.25, 0.3) is 0 Å². The van der Waals surface area contributed by atoms with Crippen molar-refractivity contribution in [2.24, 2.45) is 0 Å². The van der Waals surface area contributed by atoms with Crippen molar-refractivity contribution in [3.05, 3.63) is 53.8 Å². The molecule has 0 unspecified atom stereocenters. The quantitative estimate of drug-likeness (QED) is 0.301. The van der Waals surface area contributed by atoms with Crippen molar-refractivity contribution in [2.75, 3.05) is 0 Å². The number of hydrogen-bond acceptors (Lipinski definition) is 4. The predicted octanol–water partition coefficient (Wildman–Crippen LogP) is 5.20. The molecule has 2 aromatic rings. The van der Waals surface area contributed by atoms with Crippen LogP contribution in [-0.4, -0.2) is 18.9 Å². The number of carbonyl (C=O) groups excluding carboxylic acids is 1. The molecule has 10 heteroatoms. The molecule has 0 radical (unpaired) electrons. The van der Waals surface area contributed by atoms with E-state index in [2.05, 4.69) is 63.7 Å². The van der Waals surface area contributed by atoms with Crippen molar-refractivity contribution in [3.8, 4) is 5.75 Å². The van der Waals surface area contributed by atoms with Crippen LogP contribution in [-0.2, 0) is 10.1 Å². The molecule has 5 nitrogen and oxygen atoms in total. The van der Waals surface area contributed by atoms with E-state index < -0.39 is 16.1 Å². The summed E-state index contributed by atoms with van der Waals surface area (Å²) in [6.45, 7) is 0. The molecule has 0 bridgehead atoms. The van der Waals surface area contributed by atoms with E-state index in [0.717, 1.165) is 10.5 Å². The number of esters is 1. The maximum atomic E-state index is 12.3. The lowest BCUT2D eigenvalue weighted by Gasteiger charge is -2.09. The summed E-state index contributed by atoms with van der Waals surface area (Å²) >= 11 is 12.9. The summed E-state index contributed by atoms with van der Waals surface area (Å²) in [6, 6.07) is 7.07. The molecule has 2 rings (SSSR count). The third-order valence-corrected chi connectivity index (χ3v) is 6.14. The lowest BCUT2D eigenvalue weighted by Crippen LogP contribution is -2.10. The van der Waals surface area contributed by atoms with E-state index in [1.807, 2.05) is 0 Å². The van der Waals surface area contributed by atoms with E-state index in [1.165, 1.54) is 12.1 Å². The monoisotopic (exact) mass is 590 g/mol. The van der Waals surface area contributed by atoms with Gasteiger partial charge in [0.25, 0.3) is 10.1 Å². The fraction of sp³-hybridized carbons (Fsp3) is 0. The van der Waals surface area contributed by atoms with Crippen molar-refractivity contribution < 1.29 is 22.5 Å². The van der Waals surface area contributed by atoms with Gasteiger partial charge in [-0.2, -0.15) is 8.42 Å². The Morgan fingerprint density at radius 3 is 2.00 bits per heavy atom. The Bertz CT molecular complexity index is 872. The van der Waals surface area contributed by atoms with Crippen LogP contribution in [0.1, 0.15) is 10.4 Å². The average Bonchev–Trinajstić information content (AvgIpc) is 2.35. The molecular formula is C13H6Br4O5S. The first-order chi connectivity index (χ1) is 10.6. The molecular weight excluding hydrogens is 588 g/mol. The van der Waals surface area contributed by atoms with Crippen LogP contribution >= 0.6 is 63.7 Å². The summed E-state index contributed by atoms with van der Waals surface area (Å²) in [5.74, 6) is -0.515. The molecule has 122 valence electrons. The number of rotatable bonds is 3. The van der Waals surface area contributed by atoms with E-state index in [4.69, 9.17) is 9.29 Å². The zero-order valence-electron chi connectivity index (χ0n) is 10.9. The molecule has 0 aromatic heterocycles. The molecule has 0 fully saturated rings. The van der Waals surface area contributed by atoms with E-state index >= 15 is 0 Å². The van der Waals surface area contributed by atoms with E-state index in [-0.39, 0.29) is 20.7 Å². The molecule has 0 amide bonds. The van der Waals surface area contributed by atoms with Gasteiger partial charge in [-0.15, -0.1) is 0 Å². The fourth-order valence-corrected chi connectivity index (χ4v) is 5.75. The normalized spacial score (nSPS) is 11.3. The first kappa shape index (κ1) is 19.1. The Hall–Kier alpha value is -0.260. The zero-order valence-corrected chi connectivity index (χ0v) is 18.0. The zero-order chi connectivity index (χ0) is 17.4. The second-order valence-electron chi connectivity index (χ2n) is 4.20. The molecule has 0 aliphatic heterocycles. The SMILES string of the molecule is O=C(Oc1ccc(S(=O)(=O)O)c(Br)c1)c1c(Br)cc(Br)cc1Br. The number of ether oxygens (including phenoxy) is 1. The Morgan fingerprint density at radius 2 is 1.52 bits per heavy atom. The minimum atomic E-state index is -4.36. The van der Waals surface area contributed by atoms with Gasteiger partial charge in [-0.25, -0.2) is 4.79 Å². The van der Waals surface area contributed by atoms with Gasteiger partial charge < -0.3 is 4.74 Å². The number of hydrogen-bond donors (Lipinski definition) is 1. The molecule has 0 atom stereocenters. The summed E-state index contributed by atoms with van der Waals surface area (Å²) in [5.41, 5.74) is 0.281. The van der Waals surface area contributed by atoms with Gasteiger partial charge in [-0.3, -0.25) is 4.55 Å². The van der Waals surface area contributed by atoms with Crippen LogP contribution in [0.2, 0.25) is 0 Å². The lowest BCUT2D eigenvalue weighted by molar-refractivity contribution is 0.0732. The van der Waals surface area contributed by atoms with E-state index in [1.54, 1.807) is 12.1 Å². The van der Waals surface area contributed by atoms with Crippen molar-refractivity contribution in [1.82, 2.24) is 0 Å². The van der Waals surface area contributed by atoms with Gasteiger partial charge in [-0.1, -0.05) is 15.9 Å². The van der Waals surface area contributed by atoms with Gasteiger partial charge in [0.1, 0.15) is 10.6 Å². The number of carbonyl (C=O) groups is 1. The van der Waals surface area contributed by atoms with Crippen LogP contribution < -0.4 is 4.74 Å². The molecule has 0 aliphatic rings. The van der Waals surface area contributed by atoms with Crippen molar-refractivity contribution in [3.63, 3.8) is 0 Å². The van der Waals surface area contributed by atoms with Crippen LogP contribution in [0, 0.1) is 0 Å². The third kappa shape index (κ3) is 4.64.